The van der Waals surface area contributed by atoms with Crippen LogP contribution >= 0.6 is 7.82 Å². The van der Waals surface area contributed by atoms with E-state index in [-0.39, 0.29) is 0 Å². The summed E-state index contributed by atoms with van der Waals surface area (Å²) in [6.07, 6.45) is 45.7. The van der Waals surface area contributed by atoms with Crippen molar-refractivity contribution < 1.29 is 28.2 Å². The number of hydrogen-bond acceptors (Lipinski definition) is 3. The Hall–Kier alpha value is 0.0300. The van der Waals surface area contributed by atoms with Crippen LogP contribution in [0.15, 0.2) is 0 Å². The second kappa shape index (κ2) is 45.1. The quantitative estimate of drug-likeness (QED) is 0.0380. The average molecular weight is 805 g/mol. The lowest BCUT2D eigenvalue weighted by Crippen LogP contribution is -2.50. The minimum Gasteiger partial charge on any atom is -0.790 e. The number of hydrogen-bond donors (Lipinski definition) is 1. The molecule has 0 atom stereocenters. The molecule has 0 aliphatic heterocycles. The van der Waals surface area contributed by atoms with Crippen molar-refractivity contribution in [1.29, 1.82) is 0 Å². The molecule has 0 bridgehead atoms. The van der Waals surface area contributed by atoms with Crippen LogP contribution in [0.25, 0.3) is 0 Å². The van der Waals surface area contributed by atoms with E-state index in [4.69, 9.17) is 19.2 Å². The van der Waals surface area contributed by atoms with Gasteiger partial charge in [-0.05, 0) is 103 Å². The maximum Gasteiger partial charge on any atom is 0.0786 e. The summed E-state index contributed by atoms with van der Waals surface area (Å²) >= 11 is 0. The lowest BCUT2D eigenvalue weighted by Gasteiger charge is -2.39. The number of nitrogens with zero attached hydrogens (tertiary/aromatic N) is 2. The zero-order valence-corrected chi connectivity index (χ0v) is 40.2. The molecule has 0 amide bonds. The summed E-state index contributed by atoms with van der Waals surface area (Å²) in [4.78, 5) is 24.3. The van der Waals surface area contributed by atoms with Crippen LogP contribution in [0.3, 0.4) is 0 Å². The van der Waals surface area contributed by atoms with Gasteiger partial charge in [-0.2, -0.15) is 0 Å². The highest BCUT2D eigenvalue weighted by Gasteiger charge is 2.27. The van der Waals surface area contributed by atoms with Crippen LogP contribution in [0.5, 0.6) is 0 Å². The Kier molecular flexibility index (Phi) is 48.7. The minimum absolute atomic E-state index is 1.36. The first kappa shape index (κ1) is 59.3. The molecule has 0 aromatic carbocycles. The van der Waals surface area contributed by atoms with Crippen molar-refractivity contribution in [3.63, 3.8) is 0 Å². The molecule has 0 saturated heterocycles. The van der Waals surface area contributed by atoms with Crippen LogP contribution in [0, 0.1) is 0 Å². The van der Waals surface area contributed by atoms with Gasteiger partial charge in [-0.25, -0.2) is 0 Å². The maximum absolute atomic E-state index is 8.66. The molecule has 0 unspecified atom stereocenters. The van der Waals surface area contributed by atoms with Gasteiger partial charge in [0.2, 0.25) is 0 Å². The molecule has 0 aromatic rings. The Morgan fingerprint density at radius 3 is 0.491 bits per heavy atom. The lowest BCUT2D eigenvalue weighted by atomic mass is 10.1. The van der Waals surface area contributed by atoms with E-state index in [9.17, 15) is 0 Å². The highest BCUT2D eigenvalue weighted by molar-refractivity contribution is 7.42. The van der Waals surface area contributed by atoms with E-state index in [0.29, 0.717) is 0 Å². The number of rotatable bonds is 40. The van der Waals surface area contributed by atoms with E-state index in [1.165, 1.54) is 267 Å². The summed E-state index contributed by atoms with van der Waals surface area (Å²) in [5.74, 6) is 0. The zero-order chi connectivity index (χ0) is 41.8. The van der Waals surface area contributed by atoms with E-state index >= 15 is 0 Å². The minimum atomic E-state index is -5.14. The Labute approximate surface area is 348 Å². The molecular weight excluding hydrogens is 700 g/mol. The van der Waals surface area contributed by atoms with Crippen LogP contribution in [-0.2, 0) is 4.57 Å². The zero-order valence-electron chi connectivity index (χ0n) is 39.3. The predicted octanol–water partition coefficient (Wildman–Crippen LogP) is 14.1. The summed E-state index contributed by atoms with van der Waals surface area (Å²) in [7, 11) is -5.14. The molecule has 0 rings (SSSR count). The van der Waals surface area contributed by atoms with Crippen molar-refractivity contribution >= 4 is 7.82 Å². The Balaban J connectivity index is -0.000000874. The van der Waals surface area contributed by atoms with Crippen molar-refractivity contribution in [1.82, 2.24) is 0 Å². The Morgan fingerprint density at radius 2 is 0.400 bits per heavy atom. The van der Waals surface area contributed by atoms with Crippen molar-refractivity contribution in [2.45, 2.75) is 261 Å². The number of unbranched alkanes of at least 4 members (excludes halogenated alkanes) is 24. The van der Waals surface area contributed by atoms with Crippen LogP contribution in [0.1, 0.15) is 261 Å². The third-order valence-electron chi connectivity index (χ3n) is 11.9. The van der Waals surface area contributed by atoms with Gasteiger partial charge in [0.1, 0.15) is 0 Å². The van der Waals surface area contributed by atoms with Gasteiger partial charge in [-0.1, -0.05) is 158 Å². The fourth-order valence-corrected chi connectivity index (χ4v) is 8.33. The van der Waals surface area contributed by atoms with Gasteiger partial charge < -0.3 is 28.2 Å². The first-order chi connectivity index (χ1) is 26.5. The fourth-order valence-electron chi connectivity index (χ4n) is 8.33. The fraction of sp³-hybridized carbons (Fsp3) is 1.00. The Morgan fingerprint density at radius 1 is 0.291 bits per heavy atom. The van der Waals surface area contributed by atoms with Gasteiger partial charge in [0.25, 0.3) is 0 Å². The monoisotopic (exact) mass is 805 g/mol. The van der Waals surface area contributed by atoms with Gasteiger partial charge >= 0.3 is 0 Å². The van der Waals surface area contributed by atoms with Crippen LogP contribution in [0.2, 0.25) is 0 Å². The van der Waals surface area contributed by atoms with E-state index in [0.717, 1.165) is 0 Å². The van der Waals surface area contributed by atoms with Crippen molar-refractivity contribution in [3.05, 3.63) is 0 Å². The summed E-state index contributed by atoms with van der Waals surface area (Å²) < 4.78 is 11.6. The third-order valence-corrected chi connectivity index (χ3v) is 11.9. The molecule has 1 N–H and O–H groups in total. The van der Waals surface area contributed by atoms with E-state index in [2.05, 4.69) is 55.4 Å². The second-order valence-corrected chi connectivity index (χ2v) is 18.4. The molecule has 7 heteroatoms. The molecule has 0 aliphatic carbocycles. The summed E-state index contributed by atoms with van der Waals surface area (Å²) in [6, 6.07) is 0. The molecule has 336 valence electrons. The normalized spacial score (nSPS) is 12.0. The SMILES string of the molecule is CCCCCC[N+](CCCCCC)(CCCCCC)CCCCCC.CCCCCC[N+](CCCCCC)(CCCCCC)CCCCCC.O=P([O-])([O-])O. The van der Waals surface area contributed by atoms with Crippen LogP contribution in [0.4, 0.5) is 0 Å². The largest absolute Gasteiger partial charge is 0.790 e. The molecule has 6 nitrogen and oxygen atoms in total. The molecule has 0 aliphatic rings. The van der Waals surface area contributed by atoms with Crippen molar-refractivity contribution in [3.8, 4) is 0 Å². The molecule has 0 spiro atoms. The number of quaternary nitrogens is 2. The molecule has 0 saturated carbocycles. The van der Waals surface area contributed by atoms with Gasteiger partial charge in [0.15, 0.2) is 0 Å². The standard InChI is InChI=1S/2C24H52N.H3O4P/c2*1-5-9-13-17-21-25(22-18-14-10-6-2,23-19-15-11-7-3)24-20-16-12-8-4;1-5(2,3)4/h2*5-24H2,1-4H3;(H3,1,2,3,4)/q2*+1;/p-2. The molecule has 0 radical (unpaired) electrons. The molecule has 0 heterocycles. The third kappa shape index (κ3) is 46.6. The van der Waals surface area contributed by atoms with Gasteiger partial charge in [-0.3, -0.25) is 0 Å². The van der Waals surface area contributed by atoms with E-state index < -0.39 is 7.82 Å². The van der Waals surface area contributed by atoms with Crippen molar-refractivity contribution in [2.75, 3.05) is 52.4 Å². The number of phosphoric acid groups is 1. The highest BCUT2D eigenvalue weighted by atomic mass is 31.2. The first-order valence-electron chi connectivity index (χ1n) is 24.9. The van der Waals surface area contributed by atoms with Gasteiger partial charge in [-0.15, -0.1) is 0 Å². The summed E-state index contributed by atoms with van der Waals surface area (Å²) in [5.41, 5.74) is 0. The summed E-state index contributed by atoms with van der Waals surface area (Å²) in [5, 5.41) is 0. The van der Waals surface area contributed by atoms with E-state index in [1.54, 1.807) is 0 Å². The van der Waals surface area contributed by atoms with Crippen LogP contribution < -0.4 is 9.79 Å². The van der Waals surface area contributed by atoms with Gasteiger partial charge in [0, 0.05) is 0 Å². The lowest BCUT2D eigenvalue weighted by molar-refractivity contribution is -0.929. The Bertz CT molecular complexity index is 595. The molecule has 0 aromatic heterocycles. The van der Waals surface area contributed by atoms with Crippen LogP contribution in [-0.4, -0.2) is 66.2 Å². The molecule has 55 heavy (non-hydrogen) atoms. The second-order valence-electron chi connectivity index (χ2n) is 17.4. The first-order valence-corrected chi connectivity index (χ1v) is 26.4. The predicted molar refractivity (Wildman–Crippen MR) is 242 cm³/mol. The summed E-state index contributed by atoms with van der Waals surface area (Å²) in [6.45, 7) is 30.4. The smallest absolute Gasteiger partial charge is 0.0786 e. The molecule has 0 fully saturated rings. The van der Waals surface area contributed by atoms with Crippen molar-refractivity contribution in [2.24, 2.45) is 0 Å². The molecular formula is C48H105N2O4P. The van der Waals surface area contributed by atoms with Gasteiger partial charge in [0.05, 0.1) is 60.2 Å². The topological polar surface area (TPSA) is 83.4 Å². The average Bonchev–Trinajstić information content (AvgIpc) is 3.15. The maximum atomic E-state index is 8.66. The highest BCUT2D eigenvalue weighted by Crippen LogP contribution is 2.21. The van der Waals surface area contributed by atoms with E-state index in [1.807, 2.05) is 0 Å².